The SMILES string of the molecule is COC(=O)c1nc([C@](C)(COCc2ccccc2)NS(=O)(=O)CC[Si](C)(C)C)oc1C. The largest absolute Gasteiger partial charge is 0.464 e. The number of carbonyl (C=O) groups is 1. The second-order valence-electron chi connectivity index (χ2n) is 8.96. The molecule has 172 valence electrons. The van der Waals surface area contributed by atoms with Gasteiger partial charge < -0.3 is 13.9 Å². The van der Waals surface area contributed by atoms with E-state index in [1.807, 2.05) is 30.3 Å². The Hall–Kier alpha value is -2.01. The van der Waals surface area contributed by atoms with Crippen LogP contribution in [-0.4, -0.2) is 46.9 Å². The van der Waals surface area contributed by atoms with Gasteiger partial charge in [0.05, 0.1) is 26.1 Å². The van der Waals surface area contributed by atoms with Crippen molar-refractivity contribution in [3.63, 3.8) is 0 Å². The molecular formula is C21H32N2O6SSi. The second kappa shape index (κ2) is 10.1. The molecule has 0 amide bonds. The standard InChI is InChI=1S/C21H32N2O6SSi/c1-16-18(19(24)27-3)22-20(29-16)21(2,15-28-14-17-10-8-7-9-11-17)23-30(25,26)12-13-31(4,5)6/h7-11,23H,12-15H2,1-6H3/t21-/m0/s1. The molecule has 0 aliphatic rings. The van der Waals surface area contributed by atoms with Crippen LogP contribution >= 0.6 is 0 Å². The van der Waals surface area contributed by atoms with Crippen molar-refractivity contribution in [1.29, 1.82) is 0 Å². The van der Waals surface area contributed by atoms with Gasteiger partial charge in [-0.15, -0.1) is 0 Å². The first kappa shape index (κ1) is 25.2. The highest BCUT2D eigenvalue weighted by Crippen LogP contribution is 2.26. The number of rotatable bonds is 11. The van der Waals surface area contributed by atoms with Crippen LogP contribution in [0.1, 0.15) is 34.6 Å². The summed E-state index contributed by atoms with van der Waals surface area (Å²) in [6.07, 6.45) is 0. The Labute approximate surface area is 185 Å². The van der Waals surface area contributed by atoms with Gasteiger partial charge in [0.1, 0.15) is 11.3 Å². The van der Waals surface area contributed by atoms with Crippen LogP contribution in [-0.2, 0) is 31.6 Å². The van der Waals surface area contributed by atoms with Crippen molar-refractivity contribution in [3.8, 4) is 0 Å². The van der Waals surface area contributed by atoms with E-state index in [-0.39, 0.29) is 36.3 Å². The van der Waals surface area contributed by atoms with Crippen LogP contribution in [0.4, 0.5) is 0 Å². The van der Waals surface area contributed by atoms with Crippen LogP contribution < -0.4 is 4.72 Å². The summed E-state index contributed by atoms with van der Waals surface area (Å²) in [7, 11) is -3.98. The molecule has 31 heavy (non-hydrogen) atoms. The van der Waals surface area contributed by atoms with E-state index in [0.717, 1.165) is 5.56 Å². The highest BCUT2D eigenvalue weighted by Gasteiger charge is 2.38. The predicted molar refractivity (Wildman–Crippen MR) is 121 cm³/mol. The van der Waals surface area contributed by atoms with Crippen LogP contribution in [0.2, 0.25) is 25.7 Å². The van der Waals surface area contributed by atoms with Gasteiger partial charge in [-0.2, -0.15) is 4.72 Å². The number of hydrogen-bond donors (Lipinski definition) is 1. The number of aryl methyl sites for hydroxylation is 1. The summed E-state index contributed by atoms with van der Waals surface area (Å²) in [4.78, 5) is 16.2. The summed E-state index contributed by atoms with van der Waals surface area (Å²) in [6, 6.07) is 10.2. The lowest BCUT2D eigenvalue weighted by Crippen LogP contribution is -2.48. The molecular weight excluding hydrogens is 436 g/mol. The smallest absolute Gasteiger partial charge is 0.360 e. The van der Waals surface area contributed by atoms with Crippen molar-refractivity contribution >= 4 is 24.1 Å². The molecule has 1 N–H and O–H groups in total. The number of nitrogens with one attached hydrogen (secondary N) is 1. The molecule has 1 aromatic heterocycles. The molecule has 10 heteroatoms. The van der Waals surface area contributed by atoms with Crippen molar-refractivity contribution in [2.75, 3.05) is 19.5 Å². The average molecular weight is 469 g/mol. The van der Waals surface area contributed by atoms with E-state index >= 15 is 0 Å². The van der Waals surface area contributed by atoms with Crippen molar-refractivity contribution < 1.29 is 27.1 Å². The van der Waals surface area contributed by atoms with Gasteiger partial charge in [-0.3, -0.25) is 0 Å². The fourth-order valence-electron chi connectivity index (χ4n) is 2.84. The van der Waals surface area contributed by atoms with E-state index in [0.29, 0.717) is 6.04 Å². The predicted octanol–water partition coefficient (Wildman–Crippen LogP) is 3.46. The lowest BCUT2D eigenvalue weighted by Gasteiger charge is -2.28. The number of hydrogen-bond acceptors (Lipinski definition) is 7. The number of nitrogens with zero attached hydrogens (tertiary/aromatic N) is 1. The molecule has 2 rings (SSSR count). The summed E-state index contributed by atoms with van der Waals surface area (Å²) in [5, 5.41) is 0. The fraction of sp³-hybridized carbons (Fsp3) is 0.524. The quantitative estimate of drug-likeness (QED) is 0.397. The van der Waals surface area contributed by atoms with Crippen molar-refractivity contribution in [1.82, 2.24) is 9.71 Å². The van der Waals surface area contributed by atoms with E-state index in [4.69, 9.17) is 13.9 Å². The summed E-state index contributed by atoms with van der Waals surface area (Å²) >= 11 is 0. The van der Waals surface area contributed by atoms with Gasteiger partial charge in [-0.1, -0.05) is 50.0 Å². The van der Waals surface area contributed by atoms with Gasteiger partial charge in [-0.05, 0) is 25.5 Å². The zero-order chi connectivity index (χ0) is 23.3. The first-order valence-electron chi connectivity index (χ1n) is 10.0. The zero-order valence-corrected chi connectivity index (χ0v) is 20.8. The van der Waals surface area contributed by atoms with E-state index < -0.39 is 29.6 Å². The number of oxazole rings is 1. The molecule has 0 aliphatic heterocycles. The number of sulfonamides is 1. The van der Waals surface area contributed by atoms with Crippen LogP contribution in [0.15, 0.2) is 34.7 Å². The Morgan fingerprint density at radius 3 is 2.45 bits per heavy atom. The van der Waals surface area contributed by atoms with Gasteiger partial charge in [0, 0.05) is 8.07 Å². The number of esters is 1. The lowest BCUT2D eigenvalue weighted by molar-refractivity contribution is 0.0588. The lowest BCUT2D eigenvalue weighted by atomic mass is 10.1. The fourth-order valence-corrected chi connectivity index (χ4v) is 7.29. The molecule has 1 atom stereocenters. The summed E-state index contributed by atoms with van der Waals surface area (Å²) in [5.74, 6) is -0.352. The average Bonchev–Trinajstić information content (AvgIpc) is 3.08. The second-order valence-corrected chi connectivity index (χ2v) is 16.4. The molecule has 0 bridgehead atoms. The highest BCUT2D eigenvalue weighted by molar-refractivity contribution is 7.89. The van der Waals surface area contributed by atoms with Crippen molar-refractivity contribution in [2.24, 2.45) is 0 Å². The minimum absolute atomic E-state index is 0.000543. The van der Waals surface area contributed by atoms with Crippen LogP contribution in [0.3, 0.4) is 0 Å². The third kappa shape index (κ3) is 7.56. The van der Waals surface area contributed by atoms with Gasteiger partial charge >= 0.3 is 5.97 Å². The maximum Gasteiger partial charge on any atom is 0.360 e. The molecule has 2 aromatic rings. The summed E-state index contributed by atoms with van der Waals surface area (Å²) in [6.45, 7) is 9.82. The molecule has 0 radical (unpaired) electrons. The van der Waals surface area contributed by atoms with Gasteiger partial charge in [0.15, 0.2) is 5.69 Å². The van der Waals surface area contributed by atoms with Gasteiger partial charge in [0.2, 0.25) is 15.9 Å². The Balaban J connectivity index is 2.28. The van der Waals surface area contributed by atoms with Gasteiger partial charge in [-0.25, -0.2) is 18.2 Å². The molecule has 0 saturated carbocycles. The minimum atomic E-state index is -3.66. The number of benzene rings is 1. The highest BCUT2D eigenvalue weighted by atomic mass is 32.2. The number of methoxy groups -OCH3 is 1. The van der Waals surface area contributed by atoms with Crippen LogP contribution in [0, 0.1) is 6.92 Å². The topological polar surface area (TPSA) is 108 Å². The monoisotopic (exact) mass is 468 g/mol. The zero-order valence-electron chi connectivity index (χ0n) is 19.0. The number of aromatic nitrogens is 1. The Morgan fingerprint density at radius 2 is 1.87 bits per heavy atom. The van der Waals surface area contributed by atoms with Crippen LogP contribution in [0.25, 0.3) is 0 Å². The molecule has 1 aromatic carbocycles. The third-order valence-electron chi connectivity index (χ3n) is 4.65. The summed E-state index contributed by atoms with van der Waals surface area (Å²) in [5.41, 5.74) is -0.345. The molecule has 0 spiro atoms. The van der Waals surface area contributed by atoms with Gasteiger partial charge in [0.25, 0.3) is 0 Å². The first-order chi connectivity index (χ1) is 14.4. The van der Waals surface area contributed by atoms with Crippen molar-refractivity contribution in [3.05, 3.63) is 53.2 Å². The Bertz CT molecular complexity index is 985. The number of ether oxygens (including phenoxy) is 2. The normalized spacial score (nSPS) is 14.3. The van der Waals surface area contributed by atoms with Crippen molar-refractivity contribution in [2.45, 2.75) is 51.7 Å². The van der Waals surface area contributed by atoms with Crippen LogP contribution in [0.5, 0.6) is 0 Å². The van der Waals surface area contributed by atoms with E-state index in [1.165, 1.54) is 7.11 Å². The molecule has 1 heterocycles. The molecule has 0 fully saturated rings. The van der Waals surface area contributed by atoms with E-state index in [2.05, 4.69) is 29.3 Å². The third-order valence-corrected chi connectivity index (χ3v) is 8.27. The molecule has 0 aliphatic carbocycles. The molecule has 8 nitrogen and oxygen atoms in total. The minimum Gasteiger partial charge on any atom is -0.464 e. The van der Waals surface area contributed by atoms with E-state index in [1.54, 1.807) is 13.8 Å². The van der Waals surface area contributed by atoms with E-state index in [9.17, 15) is 13.2 Å². The summed E-state index contributed by atoms with van der Waals surface area (Å²) < 4.78 is 44.7. The molecule has 0 saturated heterocycles. The maximum absolute atomic E-state index is 12.9. The maximum atomic E-state index is 12.9. The number of carbonyl (C=O) groups excluding carboxylic acids is 1. The Kier molecular flexibility index (Phi) is 8.20. The Morgan fingerprint density at radius 1 is 1.23 bits per heavy atom. The molecule has 0 unspecified atom stereocenters. The first-order valence-corrected chi connectivity index (χ1v) is 15.4.